The standard InChI is InChI=1S/C38H28N4O/c1-2-11-26(12-3-1)38-40-42(38)39-24-25-10-8-13-28(22-25)41-34-18-6-4-14-30(34)31-21-20-27(23-35(31)41)29-16-9-17-33-32-15-5-7-19-36(32)43-37(29)33/h1-23,38-40H,24H2/t38?,42-/m0/s1. The smallest absolute Gasteiger partial charge is 0.143 e. The zero-order valence-electron chi connectivity index (χ0n) is 23.4. The number of aromatic nitrogens is 1. The molecule has 1 aliphatic heterocycles. The van der Waals surface area contributed by atoms with E-state index in [-0.39, 0.29) is 6.17 Å². The van der Waals surface area contributed by atoms with Crippen LogP contribution in [-0.2, 0) is 6.54 Å². The molecule has 0 saturated carbocycles. The van der Waals surface area contributed by atoms with Gasteiger partial charge < -0.3 is 8.98 Å². The minimum Gasteiger partial charge on any atom is -0.455 e. The molecule has 2 aromatic heterocycles. The fourth-order valence-electron chi connectivity index (χ4n) is 6.47. The summed E-state index contributed by atoms with van der Waals surface area (Å²) in [6.45, 7) is 0.723. The predicted octanol–water partition coefficient (Wildman–Crippen LogP) is 8.87. The van der Waals surface area contributed by atoms with Crippen molar-refractivity contribution in [2.75, 3.05) is 0 Å². The zero-order valence-corrected chi connectivity index (χ0v) is 23.4. The van der Waals surface area contributed by atoms with Crippen molar-refractivity contribution in [2.24, 2.45) is 0 Å². The Kier molecular flexibility index (Phi) is 5.49. The van der Waals surface area contributed by atoms with Gasteiger partial charge in [0.05, 0.1) is 11.0 Å². The highest BCUT2D eigenvalue weighted by Crippen LogP contribution is 2.39. The van der Waals surface area contributed by atoms with Gasteiger partial charge in [-0.1, -0.05) is 109 Å². The Morgan fingerprint density at radius 1 is 0.628 bits per heavy atom. The van der Waals surface area contributed by atoms with Crippen LogP contribution in [0.15, 0.2) is 144 Å². The second kappa shape index (κ2) is 9.68. The lowest BCUT2D eigenvalue weighted by Crippen LogP contribution is -2.22. The van der Waals surface area contributed by atoms with E-state index in [4.69, 9.17) is 4.42 Å². The van der Waals surface area contributed by atoms with Gasteiger partial charge >= 0.3 is 0 Å². The van der Waals surface area contributed by atoms with Crippen LogP contribution in [0.3, 0.4) is 0 Å². The maximum atomic E-state index is 6.40. The van der Waals surface area contributed by atoms with Crippen molar-refractivity contribution < 1.29 is 4.42 Å². The molecular formula is C38H28N4O. The van der Waals surface area contributed by atoms with E-state index in [1.165, 1.54) is 32.9 Å². The Balaban J connectivity index is 1.12. The number of para-hydroxylation sites is 3. The average Bonchev–Trinajstić information content (AvgIpc) is 3.64. The number of nitrogens with zero attached hydrogens (tertiary/aromatic N) is 2. The highest BCUT2D eigenvalue weighted by atomic mass is 16.3. The lowest BCUT2D eigenvalue weighted by atomic mass is 10.0. The molecule has 1 fully saturated rings. The van der Waals surface area contributed by atoms with Gasteiger partial charge in [-0.25, -0.2) is 10.9 Å². The van der Waals surface area contributed by atoms with Crippen molar-refractivity contribution in [3.63, 3.8) is 0 Å². The average molecular weight is 557 g/mol. The zero-order chi connectivity index (χ0) is 28.3. The van der Waals surface area contributed by atoms with E-state index in [1.807, 2.05) is 18.2 Å². The van der Waals surface area contributed by atoms with Gasteiger partial charge in [0.15, 0.2) is 0 Å². The lowest BCUT2D eigenvalue weighted by Gasteiger charge is -2.12. The number of benzene rings is 6. The number of rotatable bonds is 6. The van der Waals surface area contributed by atoms with Gasteiger partial charge in [-0.05, 0) is 47.0 Å². The molecule has 2 N–H and O–H groups in total. The number of hydrogen-bond donors (Lipinski definition) is 2. The fraction of sp³-hybridized carbons (Fsp3) is 0.0526. The molecule has 1 saturated heterocycles. The topological polar surface area (TPSA) is 55.1 Å². The largest absolute Gasteiger partial charge is 0.455 e. The first-order valence-electron chi connectivity index (χ1n) is 14.7. The Morgan fingerprint density at radius 2 is 1.40 bits per heavy atom. The summed E-state index contributed by atoms with van der Waals surface area (Å²) < 4.78 is 8.79. The molecule has 0 spiro atoms. The normalized spacial score (nSPS) is 16.5. The van der Waals surface area contributed by atoms with Gasteiger partial charge in [0.25, 0.3) is 0 Å². The first-order chi connectivity index (χ1) is 21.3. The second-order valence-electron chi connectivity index (χ2n) is 11.2. The fourth-order valence-corrected chi connectivity index (χ4v) is 6.47. The summed E-state index contributed by atoms with van der Waals surface area (Å²) in [5.41, 5.74) is 17.0. The molecule has 1 unspecified atom stereocenters. The van der Waals surface area contributed by atoms with E-state index in [1.54, 1.807) is 0 Å². The van der Waals surface area contributed by atoms with E-state index < -0.39 is 0 Å². The van der Waals surface area contributed by atoms with Crippen molar-refractivity contribution in [3.8, 4) is 16.8 Å². The number of furan rings is 1. The molecule has 3 heterocycles. The number of hydrazine groups is 2. The van der Waals surface area contributed by atoms with E-state index in [0.29, 0.717) is 0 Å². The van der Waals surface area contributed by atoms with Gasteiger partial charge in [-0.3, -0.25) is 0 Å². The SMILES string of the molecule is c1ccc(C2N[N@]2NCc2cccc(-n3c4ccccc4c4ccc(-c5cccc6c5oc5ccccc56)cc43)c2)cc1. The van der Waals surface area contributed by atoms with Gasteiger partial charge in [-0.15, -0.1) is 0 Å². The molecule has 5 heteroatoms. The summed E-state index contributed by atoms with van der Waals surface area (Å²) in [6, 6.07) is 49.5. The maximum absolute atomic E-state index is 6.40. The Labute approximate surface area is 248 Å². The summed E-state index contributed by atoms with van der Waals surface area (Å²) >= 11 is 0. The van der Waals surface area contributed by atoms with Crippen LogP contribution in [0.5, 0.6) is 0 Å². The van der Waals surface area contributed by atoms with Crippen LogP contribution in [0, 0.1) is 0 Å². The second-order valence-corrected chi connectivity index (χ2v) is 11.2. The summed E-state index contributed by atoms with van der Waals surface area (Å²) in [4.78, 5) is 0. The molecule has 6 aromatic carbocycles. The van der Waals surface area contributed by atoms with E-state index in [0.717, 1.165) is 45.3 Å². The molecule has 206 valence electrons. The minimum absolute atomic E-state index is 0.205. The highest BCUT2D eigenvalue weighted by molar-refractivity contribution is 6.12. The molecule has 0 aliphatic carbocycles. The van der Waals surface area contributed by atoms with Gasteiger partial charge in [0, 0.05) is 39.3 Å². The summed E-state index contributed by atoms with van der Waals surface area (Å²) in [5, 5.41) is 6.83. The Morgan fingerprint density at radius 3 is 2.33 bits per heavy atom. The summed E-state index contributed by atoms with van der Waals surface area (Å²) in [7, 11) is 0. The molecule has 1 aliphatic rings. The van der Waals surface area contributed by atoms with Crippen LogP contribution >= 0.6 is 0 Å². The molecule has 43 heavy (non-hydrogen) atoms. The van der Waals surface area contributed by atoms with Crippen LogP contribution in [0.4, 0.5) is 0 Å². The quantitative estimate of drug-likeness (QED) is 0.201. The molecular weight excluding hydrogens is 528 g/mol. The molecule has 0 amide bonds. The third-order valence-electron chi connectivity index (χ3n) is 8.58. The van der Waals surface area contributed by atoms with Crippen LogP contribution in [0.1, 0.15) is 17.3 Å². The van der Waals surface area contributed by atoms with Crippen LogP contribution in [0.2, 0.25) is 0 Å². The first-order valence-corrected chi connectivity index (χ1v) is 14.7. The van der Waals surface area contributed by atoms with Gasteiger partial charge in [-0.2, -0.15) is 5.12 Å². The molecule has 2 atom stereocenters. The van der Waals surface area contributed by atoms with Crippen LogP contribution in [-0.4, -0.2) is 9.69 Å². The van der Waals surface area contributed by atoms with Crippen molar-refractivity contribution in [1.82, 2.24) is 20.5 Å². The Hall–Kier alpha value is -5.20. The predicted molar refractivity (Wildman–Crippen MR) is 174 cm³/mol. The Bertz CT molecular complexity index is 2300. The third kappa shape index (κ3) is 4.06. The van der Waals surface area contributed by atoms with Crippen molar-refractivity contribution >= 4 is 43.7 Å². The molecule has 5 nitrogen and oxygen atoms in total. The first kappa shape index (κ1) is 24.4. The van der Waals surface area contributed by atoms with Gasteiger partial charge in [0.2, 0.25) is 0 Å². The van der Waals surface area contributed by atoms with E-state index >= 15 is 0 Å². The summed E-state index contributed by atoms with van der Waals surface area (Å²) in [6.07, 6.45) is 0.205. The highest BCUT2D eigenvalue weighted by Gasteiger charge is 2.34. The number of nitrogens with one attached hydrogen (secondary N) is 2. The minimum atomic E-state index is 0.205. The monoisotopic (exact) mass is 556 g/mol. The molecule has 0 radical (unpaired) electrons. The van der Waals surface area contributed by atoms with Crippen LogP contribution < -0.4 is 10.9 Å². The molecule has 9 rings (SSSR count). The van der Waals surface area contributed by atoms with Crippen molar-refractivity contribution in [1.29, 1.82) is 0 Å². The van der Waals surface area contributed by atoms with E-state index in [2.05, 4.69) is 142 Å². The lowest BCUT2D eigenvalue weighted by molar-refractivity contribution is 0.345. The van der Waals surface area contributed by atoms with Gasteiger partial charge in [0.1, 0.15) is 17.3 Å². The van der Waals surface area contributed by atoms with Crippen molar-refractivity contribution in [3.05, 3.63) is 151 Å². The third-order valence-corrected chi connectivity index (χ3v) is 8.58. The van der Waals surface area contributed by atoms with Crippen molar-refractivity contribution in [2.45, 2.75) is 12.7 Å². The summed E-state index contributed by atoms with van der Waals surface area (Å²) in [5.74, 6) is 0. The molecule has 0 bridgehead atoms. The van der Waals surface area contributed by atoms with E-state index in [9.17, 15) is 0 Å². The molecule has 8 aromatic rings. The number of hydrogen-bond acceptors (Lipinski definition) is 4. The number of fused-ring (bicyclic) bond motifs is 6. The van der Waals surface area contributed by atoms with Crippen LogP contribution in [0.25, 0.3) is 60.6 Å². The maximum Gasteiger partial charge on any atom is 0.143 e.